The highest BCUT2D eigenvalue weighted by molar-refractivity contribution is 6.30. The number of hydrogen-bond acceptors (Lipinski definition) is 4. The Bertz CT molecular complexity index is 1070. The molecule has 6 heteroatoms. The van der Waals surface area contributed by atoms with Crippen molar-refractivity contribution < 1.29 is 9.53 Å². The average Bonchev–Trinajstić information content (AvgIpc) is 2.92. The van der Waals surface area contributed by atoms with Crippen molar-refractivity contribution in [1.82, 2.24) is 4.57 Å². The van der Waals surface area contributed by atoms with Gasteiger partial charge in [-0.1, -0.05) is 35.9 Å². The van der Waals surface area contributed by atoms with E-state index in [-0.39, 0.29) is 0 Å². The van der Waals surface area contributed by atoms with Crippen molar-refractivity contribution >= 4 is 28.5 Å². The van der Waals surface area contributed by atoms with Gasteiger partial charge in [0.2, 0.25) is 0 Å². The van der Waals surface area contributed by atoms with Gasteiger partial charge in [0.1, 0.15) is 5.92 Å². The molecule has 0 radical (unpaired) electrons. The van der Waals surface area contributed by atoms with Gasteiger partial charge in [0.25, 0.3) is 0 Å². The Hall–Kier alpha value is -3.28. The molecule has 3 aromatic rings. The predicted octanol–water partition coefficient (Wildman–Crippen LogP) is 4.55. The smallest absolute Gasteiger partial charge is 0.308 e. The third kappa shape index (κ3) is 3.38. The lowest BCUT2D eigenvalue weighted by molar-refractivity contribution is -0.131. The van der Waals surface area contributed by atoms with Crippen LogP contribution in [0.5, 0.6) is 5.75 Å². The quantitative estimate of drug-likeness (QED) is 0.624. The van der Waals surface area contributed by atoms with Gasteiger partial charge in [-0.05, 0) is 29.8 Å². The molecule has 134 valence electrons. The molecule has 5 nitrogen and oxygen atoms in total. The SMILES string of the molecule is CC(=O)Oc1c(C(c2ccc(Cl)cc2)C(C#N)C#N)n(C)c2ccccc12. The van der Waals surface area contributed by atoms with Crippen molar-refractivity contribution in [2.75, 3.05) is 0 Å². The van der Waals surface area contributed by atoms with Gasteiger partial charge in [-0.2, -0.15) is 10.5 Å². The van der Waals surface area contributed by atoms with E-state index in [1.807, 2.05) is 35.9 Å². The van der Waals surface area contributed by atoms with Crippen molar-refractivity contribution in [2.45, 2.75) is 12.8 Å². The molecule has 0 amide bonds. The summed E-state index contributed by atoms with van der Waals surface area (Å²) in [7, 11) is 1.83. The number of halogens is 1. The minimum atomic E-state index is -0.969. The molecule has 0 aliphatic heterocycles. The van der Waals surface area contributed by atoms with E-state index in [0.29, 0.717) is 16.5 Å². The Balaban J connectivity index is 2.35. The maximum atomic E-state index is 11.8. The molecule has 1 heterocycles. The lowest BCUT2D eigenvalue weighted by atomic mass is 9.84. The third-order valence-electron chi connectivity index (χ3n) is 4.49. The van der Waals surface area contributed by atoms with E-state index in [0.717, 1.165) is 16.5 Å². The summed E-state index contributed by atoms with van der Waals surface area (Å²) in [5.74, 6) is -1.67. The maximum Gasteiger partial charge on any atom is 0.308 e. The summed E-state index contributed by atoms with van der Waals surface area (Å²) in [4.78, 5) is 11.8. The zero-order chi connectivity index (χ0) is 19.6. The highest BCUT2D eigenvalue weighted by atomic mass is 35.5. The van der Waals surface area contributed by atoms with Crippen LogP contribution in [0.4, 0.5) is 0 Å². The van der Waals surface area contributed by atoms with Crippen molar-refractivity contribution in [3.8, 4) is 17.9 Å². The number of rotatable bonds is 4. The first-order valence-corrected chi connectivity index (χ1v) is 8.66. The Morgan fingerprint density at radius 1 is 1.11 bits per heavy atom. The molecule has 0 bridgehead atoms. The maximum absolute atomic E-state index is 11.8. The van der Waals surface area contributed by atoms with E-state index in [2.05, 4.69) is 12.1 Å². The van der Waals surface area contributed by atoms with Crippen molar-refractivity contribution in [3.05, 3.63) is 64.8 Å². The molecule has 1 aromatic heterocycles. The first-order valence-electron chi connectivity index (χ1n) is 8.28. The number of para-hydroxylation sites is 1. The molecular formula is C21H16ClN3O2. The molecule has 1 unspecified atom stereocenters. The van der Waals surface area contributed by atoms with Gasteiger partial charge in [0.05, 0.1) is 29.3 Å². The summed E-state index contributed by atoms with van der Waals surface area (Å²) in [5, 5.41) is 20.5. The van der Waals surface area contributed by atoms with Gasteiger partial charge in [-0.3, -0.25) is 4.79 Å². The standard InChI is InChI=1S/C21H16ClN3O2/c1-13(26)27-21-17-5-3-4-6-18(17)25(2)20(21)19(15(11-23)12-24)14-7-9-16(22)10-8-14/h3-10,15,19H,1-2H3. The minimum absolute atomic E-state index is 0.371. The van der Waals surface area contributed by atoms with Crippen molar-refractivity contribution in [1.29, 1.82) is 10.5 Å². The van der Waals surface area contributed by atoms with Gasteiger partial charge in [0, 0.05) is 24.4 Å². The van der Waals surface area contributed by atoms with Gasteiger partial charge in [-0.25, -0.2) is 0 Å². The topological polar surface area (TPSA) is 78.8 Å². The molecule has 0 N–H and O–H groups in total. The summed E-state index contributed by atoms with van der Waals surface area (Å²) in [6, 6.07) is 18.6. The number of benzene rings is 2. The fourth-order valence-electron chi connectivity index (χ4n) is 3.34. The van der Waals surface area contributed by atoms with E-state index < -0.39 is 17.8 Å². The van der Waals surface area contributed by atoms with Crippen LogP contribution in [0.3, 0.4) is 0 Å². The van der Waals surface area contributed by atoms with Gasteiger partial charge < -0.3 is 9.30 Å². The monoisotopic (exact) mass is 377 g/mol. The number of hydrogen-bond donors (Lipinski definition) is 0. The van der Waals surface area contributed by atoms with Crippen molar-refractivity contribution in [2.24, 2.45) is 13.0 Å². The van der Waals surface area contributed by atoms with Crippen LogP contribution in [0.1, 0.15) is 24.1 Å². The number of carbonyl (C=O) groups excluding carboxylic acids is 1. The summed E-state index contributed by atoms with van der Waals surface area (Å²) >= 11 is 6.00. The largest absolute Gasteiger partial charge is 0.424 e. The number of esters is 1. The van der Waals surface area contributed by atoms with E-state index in [9.17, 15) is 15.3 Å². The molecule has 0 saturated heterocycles. The van der Waals surface area contributed by atoms with Crippen LogP contribution in [-0.4, -0.2) is 10.5 Å². The second-order valence-corrected chi connectivity index (χ2v) is 6.59. The Morgan fingerprint density at radius 2 is 1.74 bits per heavy atom. The summed E-state index contributed by atoms with van der Waals surface area (Å²) in [6.07, 6.45) is 0. The first kappa shape index (κ1) is 18.5. The van der Waals surface area contributed by atoms with Gasteiger partial charge >= 0.3 is 5.97 Å². The average molecular weight is 378 g/mol. The zero-order valence-corrected chi connectivity index (χ0v) is 15.6. The van der Waals surface area contributed by atoms with Crippen LogP contribution in [0.15, 0.2) is 48.5 Å². The lowest BCUT2D eigenvalue weighted by Gasteiger charge is -2.21. The molecule has 0 saturated carbocycles. The van der Waals surface area contributed by atoms with Crippen molar-refractivity contribution in [3.63, 3.8) is 0 Å². The molecule has 2 aromatic carbocycles. The lowest BCUT2D eigenvalue weighted by Crippen LogP contribution is -2.17. The molecule has 3 rings (SSSR count). The van der Waals surface area contributed by atoms with Crippen LogP contribution in [0.25, 0.3) is 10.9 Å². The molecular weight excluding hydrogens is 362 g/mol. The first-order chi connectivity index (χ1) is 13.0. The molecule has 1 atom stereocenters. The van der Waals surface area contributed by atoms with Crippen LogP contribution in [0, 0.1) is 28.6 Å². The third-order valence-corrected chi connectivity index (χ3v) is 4.74. The highest BCUT2D eigenvalue weighted by Crippen LogP contribution is 2.43. The predicted molar refractivity (Wildman–Crippen MR) is 102 cm³/mol. The fourth-order valence-corrected chi connectivity index (χ4v) is 3.46. The molecule has 27 heavy (non-hydrogen) atoms. The van der Waals surface area contributed by atoms with Crippen LogP contribution in [0.2, 0.25) is 5.02 Å². The fraction of sp³-hybridized carbons (Fsp3) is 0.190. The minimum Gasteiger partial charge on any atom is -0.424 e. The van der Waals surface area contributed by atoms with Crippen LogP contribution >= 0.6 is 11.6 Å². The Kier molecular flexibility index (Phi) is 5.16. The van der Waals surface area contributed by atoms with Gasteiger partial charge in [0.15, 0.2) is 5.75 Å². The Labute approximate surface area is 162 Å². The van der Waals surface area contributed by atoms with E-state index in [4.69, 9.17) is 16.3 Å². The number of nitrogens with zero attached hydrogens (tertiary/aromatic N) is 3. The molecule has 0 aliphatic rings. The number of ether oxygens (including phenoxy) is 1. The second kappa shape index (κ2) is 7.53. The zero-order valence-electron chi connectivity index (χ0n) is 14.8. The molecule has 0 aliphatic carbocycles. The summed E-state index contributed by atoms with van der Waals surface area (Å²) < 4.78 is 7.41. The number of fused-ring (bicyclic) bond motifs is 1. The van der Waals surface area contributed by atoms with Crippen LogP contribution < -0.4 is 4.74 Å². The van der Waals surface area contributed by atoms with E-state index in [1.165, 1.54) is 6.92 Å². The number of carbonyl (C=O) groups is 1. The molecule has 0 fully saturated rings. The summed E-state index contributed by atoms with van der Waals surface area (Å²) in [5.41, 5.74) is 2.19. The second-order valence-electron chi connectivity index (χ2n) is 6.15. The van der Waals surface area contributed by atoms with Crippen LogP contribution in [-0.2, 0) is 11.8 Å². The van der Waals surface area contributed by atoms with E-state index >= 15 is 0 Å². The van der Waals surface area contributed by atoms with Gasteiger partial charge in [-0.15, -0.1) is 0 Å². The number of aryl methyl sites for hydroxylation is 1. The number of aromatic nitrogens is 1. The summed E-state index contributed by atoms with van der Waals surface area (Å²) in [6.45, 7) is 1.33. The number of nitriles is 2. The Morgan fingerprint density at radius 3 is 2.33 bits per heavy atom. The molecule has 0 spiro atoms. The van der Waals surface area contributed by atoms with E-state index in [1.54, 1.807) is 24.3 Å². The highest BCUT2D eigenvalue weighted by Gasteiger charge is 2.32. The normalized spacial score (nSPS) is 11.8.